The number of hydrazone groups is 1. The minimum absolute atomic E-state index is 0.0106. The molecule has 0 saturated carbocycles. The number of imide groups is 1. The molecule has 1 fully saturated rings. The summed E-state index contributed by atoms with van der Waals surface area (Å²) in [6.07, 6.45) is 0.380. The molecule has 0 spiro atoms. The molecule has 1 saturated heterocycles. The number of hydrogen-bond acceptors (Lipinski definition) is 5. The first-order chi connectivity index (χ1) is 14.8. The van der Waals surface area contributed by atoms with E-state index >= 15 is 0 Å². The first-order valence-corrected chi connectivity index (χ1v) is 10.4. The number of benzene rings is 2. The highest BCUT2D eigenvalue weighted by molar-refractivity contribution is 6.27. The van der Waals surface area contributed by atoms with Gasteiger partial charge in [0.2, 0.25) is 11.8 Å². The minimum atomic E-state index is -1.12. The smallest absolute Gasteiger partial charge is 0.260 e. The average molecular weight is 418 g/mol. The fraction of sp³-hybridized carbons (Fsp3) is 0.333. The van der Waals surface area contributed by atoms with E-state index in [-0.39, 0.29) is 24.1 Å². The summed E-state index contributed by atoms with van der Waals surface area (Å²) < 4.78 is 0. The highest BCUT2D eigenvalue weighted by Gasteiger charge is 2.60. The van der Waals surface area contributed by atoms with Crippen LogP contribution < -0.4 is 14.8 Å². The van der Waals surface area contributed by atoms with Crippen LogP contribution in [0.5, 0.6) is 0 Å². The van der Waals surface area contributed by atoms with Crippen LogP contribution in [-0.2, 0) is 14.4 Å². The Bertz CT molecular complexity index is 1060. The van der Waals surface area contributed by atoms with E-state index < -0.39 is 11.3 Å². The molecular formula is C24H26N4O3. The van der Waals surface area contributed by atoms with E-state index in [2.05, 4.69) is 5.10 Å². The van der Waals surface area contributed by atoms with Crippen molar-refractivity contribution in [2.45, 2.75) is 26.7 Å². The molecule has 160 valence electrons. The van der Waals surface area contributed by atoms with Gasteiger partial charge in [-0.05, 0) is 49.7 Å². The van der Waals surface area contributed by atoms with Gasteiger partial charge in [-0.1, -0.05) is 25.1 Å². The second kappa shape index (κ2) is 7.65. The van der Waals surface area contributed by atoms with E-state index in [0.29, 0.717) is 23.5 Å². The van der Waals surface area contributed by atoms with Gasteiger partial charge >= 0.3 is 0 Å². The number of amides is 3. The zero-order valence-corrected chi connectivity index (χ0v) is 18.2. The standard InChI is InChI=1S/C24H26N4O3/c1-5-24(16(2)25-28(23(24)31)19-9-7-6-8-10-19)20-15-21(29)27(22(20)30)18-13-11-17(12-14-18)26(3)4/h6-14,20H,5,15H2,1-4H3. The van der Waals surface area contributed by atoms with Crippen molar-refractivity contribution in [3.8, 4) is 0 Å². The molecule has 2 aromatic carbocycles. The van der Waals surface area contributed by atoms with Crippen molar-refractivity contribution in [3.63, 3.8) is 0 Å². The zero-order chi connectivity index (χ0) is 22.3. The third kappa shape index (κ3) is 3.12. The monoisotopic (exact) mass is 418 g/mol. The molecule has 0 bridgehead atoms. The average Bonchev–Trinajstić information content (AvgIpc) is 3.21. The van der Waals surface area contributed by atoms with Crippen molar-refractivity contribution in [1.29, 1.82) is 0 Å². The van der Waals surface area contributed by atoms with E-state index in [0.717, 1.165) is 5.69 Å². The van der Waals surface area contributed by atoms with E-state index in [4.69, 9.17) is 0 Å². The molecule has 0 N–H and O–H groups in total. The Morgan fingerprint density at radius 3 is 2.23 bits per heavy atom. The molecule has 2 aromatic rings. The maximum Gasteiger partial charge on any atom is 0.260 e. The maximum absolute atomic E-state index is 13.6. The predicted molar refractivity (Wildman–Crippen MR) is 121 cm³/mol. The van der Waals surface area contributed by atoms with Crippen molar-refractivity contribution in [3.05, 3.63) is 54.6 Å². The fourth-order valence-electron chi connectivity index (χ4n) is 4.62. The summed E-state index contributed by atoms with van der Waals surface area (Å²) in [7, 11) is 3.85. The highest BCUT2D eigenvalue weighted by Crippen LogP contribution is 2.47. The van der Waals surface area contributed by atoms with E-state index in [1.807, 2.05) is 56.3 Å². The molecular weight excluding hydrogens is 392 g/mol. The third-order valence-corrected chi connectivity index (χ3v) is 6.39. The topological polar surface area (TPSA) is 73.3 Å². The lowest BCUT2D eigenvalue weighted by Gasteiger charge is -2.31. The van der Waals surface area contributed by atoms with Gasteiger partial charge < -0.3 is 4.90 Å². The van der Waals surface area contributed by atoms with Gasteiger partial charge in [0.05, 0.1) is 23.0 Å². The Morgan fingerprint density at radius 1 is 1.00 bits per heavy atom. The van der Waals surface area contributed by atoms with Crippen LogP contribution in [-0.4, -0.2) is 37.5 Å². The van der Waals surface area contributed by atoms with Gasteiger partial charge in [0.25, 0.3) is 5.91 Å². The van der Waals surface area contributed by atoms with Gasteiger partial charge in [-0.3, -0.25) is 19.3 Å². The van der Waals surface area contributed by atoms with Crippen LogP contribution in [0.25, 0.3) is 0 Å². The number of rotatable bonds is 5. The molecule has 0 radical (unpaired) electrons. The fourth-order valence-corrected chi connectivity index (χ4v) is 4.62. The molecule has 0 aromatic heterocycles. The highest BCUT2D eigenvalue weighted by atomic mass is 16.2. The summed E-state index contributed by atoms with van der Waals surface area (Å²) in [5.74, 6) is -1.67. The number of carbonyl (C=O) groups is 3. The van der Waals surface area contributed by atoms with Crippen molar-refractivity contribution in [2.24, 2.45) is 16.4 Å². The van der Waals surface area contributed by atoms with Crippen molar-refractivity contribution < 1.29 is 14.4 Å². The van der Waals surface area contributed by atoms with Crippen molar-refractivity contribution in [2.75, 3.05) is 28.9 Å². The van der Waals surface area contributed by atoms with Crippen molar-refractivity contribution >= 4 is 40.5 Å². The molecule has 2 aliphatic rings. The Balaban J connectivity index is 1.68. The molecule has 0 aliphatic carbocycles. The first kappa shape index (κ1) is 20.8. The van der Waals surface area contributed by atoms with E-state index in [1.165, 1.54) is 9.91 Å². The second-order valence-corrected chi connectivity index (χ2v) is 8.20. The molecule has 4 rings (SSSR count). The van der Waals surface area contributed by atoms with Crippen LogP contribution in [0, 0.1) is 11.3 Å². The molecule has 2 atom stereocenters. The SMILES string of the molecule is CCC1(C2CC(=O)N(c3ccc(N(C)C)cc3)C2=O)C(=O)N(c2ccccc2)N=C1C. The van der Waals surface area contributed by atoms with Crippen molar-refractivity contribution in [1.82, 2.24) is 0 Å². The summed E-state index contributed by atoms with van der Waals surface area (Å²) in [4.78, 5) is 43.2. The van der Waals surface area contributed by atoms with Gasteiger partial charge in [-0.25, -0.2) is 0 Å². The summed E-state index contributed by atoms with van der Waals surface area (Å²) in [5, 5.41) is 5.88. The van der Waals surface area contributed by atoms with Gasteiger partial charge in [-0.15, -0.1) is 0 Å². The molecule has 7 nitrogen and oxygen atoms in total. The van der Waals surface area contributed by atoms with E-state index in [1.54, 1.807) is 31.2 Å². The summed E-state index contributed by atoms with van der Waals surface area (Å²) in [6.45, 7) is 3.65. The molecule has 2 heterocycles. The van der Waals surface area contributed by atoms with E-state index in [9.17, 15) is 14.4 Å². The summed E-state index contributed by atoms with van der Waals surface area (Å²) in [6, 6.07) is 16.4. The Hall–Kier alpha value is -3.48. The lowest BCUT2D eigenvalue weighted by Crippen LogP contribution is -2.47. The number of hydrogen-bond donors (Lipinski definition) is 0. The largest absolute Gasteiger partial charge is 0.378 e. The molecule has 7 heteroatoms. The minimum Gasteiger partial charge on any atom is -0.378 e. The molecule has 2 aliphatic heterocycles. The maximum atomic E-state index is 13.6. The number of nitrogens with zero attached hydrogens (tertiary/aromatic N) is 4. The Morgan fingerprint density at radius 2 is 1.65 bits per heavy atom. The summed E-state index contributed by atoms with van der Waals surface area (Å²) >= 11 is 0. The van der Waals surface area contributed by atoms with Crippen LogP contribution >= 0.6 is 0 Å². The van der Waals surface area contributed by atoms with Crippen LogP contribution in [0.2, 0.25) is 0 Å². The van der Waals surface area contributed by atoms with Gasteiger partial charge in [-0.2, -0.15) is 10.1 Å². The summed E-state index contributed by atoms with van der Waals surface area (Å²) in [5.41, 5.74) is 1.59. The normalized spacial score (nSPS) is 23.5. The molecule has 31 heavy (non-hydrogen) atoms. The van der Waals surface area contributed by atoms with Gasteiger partial charge in [0.1, 0.15) is 5.41 Å². The van der Waals surface area contributed by atoms with Crippen LogP contribution in [0.4, 0.5) is 17.1 Å². The first-order valence-electron chi connectivity index (χ1n) is 10.4. The van der Waals surface area contributed by atoms with Crippen LogP contribution in [0.1, 0.15) is 26.7 Å². The van der Waals surface area contributed by atoms with Gasteiger partial charge in [0.15, 0.2) is 0 Å². The molecule has 3 amide bonds. The number of para-hydroxylation sites is 1. The lowest BCUT2D eigenvalue weighted by molar-refractivity contribution is -0.132. The zero-order valence-electron chi connectivity index (χ0n) is 18.2. The number of carbonyl (C=O) groups excluding carboxylic acids is 3. The second-order valence-electron chi connectivity index (χ2n) is 8.20. The lowest BCUT2D eigenvalue weighted by atomic mass is 9.69. The quantitative estimate of drug-likeness (QED) is 0.697. The Kier molecular flexibility index (Phi) is 5.13. The molecule has 2 unspecified atom stereocenters. The predicted octanol–water partition coefficient (Wildman–Crippen LogP) is 3.45. The van der Waals surface area contributed by atoms with Gasteiger partial charge in [0, 0.05) is 26.2 Å². The third-order valence-electron chi connectivity index (χ3n) is 6.39. The van der Waals surface area contributed by atoms with Crippen LogP contribution in [0.3, 0.4) is 0 Å². The van der Waals surface area contributed by atoms with Crippen LogP contribution in [0.15, 0.2) is 59.7 Å². The number of anilines is 3. The Labute approximate surface area is 181 Å².